The zero-order chi connectivity index (χ0) is 24.8. The molecule has 4 rings (SSSR count). The fraction of sp³-hybridized carbons (Fsp3) is 0.130. The number of carbonyl (C=O) groups excluding carboxylic acids is 1. The lowest BCUT2D eigenvalue weighted by Crippen LogP contribution is -2.12. The third-order valence-electron chi connectivity index (χ3n) is 5.26. The molecule has 0 aliphatic carbocycles. The normalized spacial score (nSPS) is 11.6. The van der Waals surface area contributed by atoms with Gasteiger partial charge in [-0.15, -0.1) is 0 Å². The van der Waals surface area contributed by atoms with Crippen LogP contribution in [0.15, 0.2) is 41.5 Å². The van der Waals surface area contributed by atoms with Gasteiger partial charge in [0.15, 0.2) is 23.3 Å². The smallest absolute Gasteiger partial charge is 0.418 e. The highest BCUT2D eigenvalue weighted by Gasteiger charge is 2.35. The number of alkyl halides is 3. The van der Waals surface area contributed by atoms with Gasteiger partial charge in [0.1, 0.15) is 11.4 Å². The average Bonchev–Trinajstić information content (AvgIpc) is 2.78. The molecular formula is C23H14F5N3O3. The van der Waals surface area contributed by atoms with Crippen LogP contribution in [0.5, 0.6) is 11.6 Å². The highest BCUT2D eigenvalue weighted by atomic mass is 19.4. The van der Waals surface area contributed by atoms with Crippen LogP contribution in [-0.2, 0) is 6.18 Å². The van der Waals surface area contributed by atoms with E-state index in [1.807, 2.05) is 0 Å². The zero-order valence-corrected chi connectivity index (χ0v) is 17.6. The van der Waals surface area contributed by atoms with Gasteiger partial charge in [-0.1, -0.05) is 0 Å². The molecule has 0 amide bonds. The van der Waals surface area contributed by atoms with E-state index in [2.05, 4.69) is 15.0 Å². The summed E-state index contributed by atoms with van der Waals surface area (Å²) in [6, 6.07) is 4.29. The molecule has 0 aliphatic rings. The number of halogens is 5. The van der Waals surface area contributed by atoms with E-state index in [0.717, 1.165) is 25.1 Å². The number of ether oxygens (including phenoxy) is 1. The molecule has 0 saturated carbocycles. The van der Waals surface area contributed by atoms with Crippen molar-refractivity contribution in [3.05, 3.63) is 80.9 Å². The van der Waals surface area contributed by atoms with E-state index < -0.39 is 28.8 Å². The number of pyridine rings is 3. The molecule has 34 heavy (non-hydrogen) atoms. The van der Waals surface area contributed by atoms with Crippen LogP contribution in [0.4, 0.5) is 22.0 Å². The van der Waals surface area contributed by atoms with Crippen molar-refractivity contribution in [2.24, 2.45) is 0 Å². The molecule has 3 heterocycles. The summed E-state index contributed by atoms with van der Waals surface area (Å²) in [5, 5.41) is -0.0437. The van der Waals surface area contributed by atoms with Crippen LogP contribution >= 0.6 is 0 Å². The molecule has 0 fully saturated rings. The minimum Gasteiger partial charge on any atom is -0.438 e. The largest absolute Gasteiger partial charge is 0.438 e. The second kappa shape index (κ2) is 8.32. The topological polar surface area (TPSA) is 84.9 Å². The van der Waals surface area contributed by atoms with Gasteiger partial charge in [-0.2, -0.15) is 13.2 Å². The molecule has 0 unspecified atom stereocenters. The summed E-state index contributed by atoms with van der Waals surface area (Å²) in [4.78, 5) is 34.4. The second-order valence-electron chi connectivity index (χ2n) is 7.35. The molecule has 11 heteroatoms. The summed E-state index contributed by atoms with van der Waals surface area (Å²) in [7, 11) is 0. The van der Waals surface area contributed by atoms with E-state index >= 15 is 0 Å². The van der Waals surface area contributed by atoms with Crippen LogP contribution in [0, 0.1) is 25.5 Å². The molecule has 3 aromatic heterocycles. The summed E-state index contributed by atoms with van der Waals surface area (Å²) in [6.07, 6.45) is -2.58. The summed E-state index contributed by atoms with van der Waals surface area (Å²) in [5.41, 5.74) is -2.61. The van der Waals surface area contributed by atoms with Crippen LogP contribution in [0.1, 0.15) is 27.2 Å². The molecule has 0 spiro atoms. The molecule has 0 saturated heterocycles. The number of aromatic amines is 1. The number of hydrogen-bond donors (Lipinski definition) is 1. The maximum atomic E-state index is 14.0. The molecule has 1 aromatic carbocycles. The molecule has 1 N–H and O–H groups in total. The lowest BCUT2D eigenvalue weighted by atomic mass is 10.0. The Morgan fingerprint density at radius 3 is 2.47 bits per heavy atom. The van der Waals surface area contributed by atoms with Crippen molar-refractivity contribution in [1.29, 1.82) is 0 Å². The number of nitrogens with one attached hydrogen (secondary N) is 1. The first kappa shape index (κ1) is 23.0. The van der Waals surface area contributed by atoms with E-state index in [-0.39, 0.29) is 50.6 Å². The van der Waals surface area contributed by atoms with Gasteiger partial charge >= 0.3 is 6.18 Å². The fourth-order valence-corrected chi connectivity index (χ4v) is 3.56. The van der Waals surface area contributed by atoms with E-state index in [1.54, 1.807) is 0 Å². The number of H-pyrrole nitrogens is 1. The molecule has 0 aliphatic heterocycles. The minimum absolute atomic E-state index is 0.0437. The Morgan fingerprint density at radius 1 is 1.06 bits per heavy atom. The number of fused-ring (bicyclic) bond motifs is 1. The Hall–Kier alpha value is -4.15. The summed E-state index contributed by atoms with van der Waals surface area (Å²) in [6.45, 7) is 2.40. The third-order valence-corrected chi connectivity index (χ3v) is 5.26. The molecule has 4 aromatic rings. The second-order valence-corrected chi connectivity index (χ2v) is 7.35. The fourth-order valence-electron chi connectivity index (χ4n) is 3.56. The van der Waals surface area contributed by atoms with Gasteiger partial charge in [0.05, 0.1) is 27.7 Å². The number of benzene rings is 1. The molecule has 0 atom stereocenters. The first-order valence-electron chi connectivity index (χ1n) is 9.69. The number of nitrogens with zero attached hydrogens (tertiary/aromatic N) is 2. The number of hydrogen-bond acceptors (Lipinski definition) is 5. The van der Waals surface area contributed by atoms with Crippen molar-refractivity contribution in [2.45, 2.75) is 20.0 Å². The first-order chi connectivity index (χ1) is 16.0. The zero-order valence-electron chi connectivity index (χ0n) is 17.6. The SMILES string of the molecule is Cc1c(Oc2ncc(C(F)(F)F)c(C)c2-c2cc(=O)c3c(C=O)nccc3[nH]2)ccc(F)c1F. The van der Waals surface area contributed by atoms with Crippen molar-refractivity contribution >= 4 is 17.2 Å². The third kappa shape index (κ3) is 3.89. The quantitative estimate of drug-likeness (QED) is 0.311. The minimum atomic E-state index is -4.77. The summed E-state index contributed by atoms with van der Waals surface area (Å²) >= 11 is 0. The summed E-state index contributed by atoms with van der Waals surface area (Å²) in [5.74, 6) is -2.86. The van der Waals surface area contributed by atoms with Gasteiger partial charge in [-0.25, -0.2) is 13.8 Å². The highest BCUT2D eigenvalue weighted by molar-refractivity contribution is 5.95. The molecular weight excluding hydrogens is 461 g/mol. The monoisotopic (exact) mass is 475 g/mol. The maximum absolute atomic E-state index is 14.0. The Labute approximate surface area is 188 Å². The van der Waals surface area contributed by atoms with E-state index in [9.17, 15) is 31.5 Å². The van der Waals surface area contributed by atoms with Crippen LogP contribution < -0.4 is 10.2 Å². The van der Waals surface area contributed by atoms with Gasteiger partial charge in [0, 0.05) is 24.0 Å². The van der Waals surface area contributed by atoms with Gasteiger partial charge in [0.25, 0.3) is 0 Å². The van der Waals surface area contributed by atoms with E-state index in [4.69, 9.17) is 4.74 Å². The van der Waals surface area contributed by atoms with Crippen LogP contribution in [0.3, 0.4) is 0 Å². The van der Waals surface area contributed by atoms with Crippen molar-refractivity contribution in [2.75, 3.05) is 0 Å². The lowest BCUT2D eigenvalue weighted by Gasteiger charge is -2.18. The molecule has 0 radical (unpaired) electrons. The Morgan fingerprint density at radius 2 is 1.79 bits per heavy atom. The number of carbonyl (C=O) groups is 1. The molecule has 6 nitrogen and oxygen atoms in total. The maximum Gasteiger partial charge on any atom is 0.418 e. The number of rotatable bonds is 4. The van der Waals surface area contributed by atoms with Crippen molar-refractivity contribution < 1.29 is 31.5 Å². The Bertz CT molecular complexity index is 1510. The predicted octanol–water partition coefficient (Wildman–Crippen LogP) is 5.50. The van der Waals surface area contributed by atoms with E-state index in [0.29, 0.717) is 12.5 Å². The standard InChI is InChI=1S/C23H14F5N3O3/c1-10-12(23(26,27)28)8-30-22(34-18-4-3-13(24)21(25)11(18)2)19(10)15-7-17(33)20-14(31-15)5-6-29-16(20)9-32/h3-9H,1-2H3,(H,31,33). The number of aldehydes is 1. The Balaban J connectivity index is 2.00. The van der Waals surface area contributed by atoms with Crippen LogP contribution in [0.2, 0.25) is 0 Å². The Kier molecular flexibility index (Phi) is 5.64. The van der Waals surface area contributed by atoms with Crippen molar-refractivity contribution in [3.8, 4) is 22.9 Å². The van der Waals surface area contributed by atoms with Gasteiger partial charge in [-0.05, 0) is 37.6 Å². The van der Waals surface area contributed by atoms with Crippen LogP contribution in [-0.4, -0.2) is 21.2 Å². The average molecular weight is 475 g/mol. The summed E-state index contributed by atoms with van der Waals surface area (Å²) < 4.78 is 73.9. The van der Waals surface area contributed by atoms with Gasteiger partial charge in [-0.3, -0.25) is 14.6 Å². The van der Waals surface area contributed by atoms with Crippen LogP contribution in [0.25, 0.3) is 22.2 Å². The first-order valence-corrected chi connectivity index (χ1v) is 9.69. The van der Waals surface area contributed by atoms with Crippen molar-refractivity contribution in [1.82, 2.24) is 15.0 Å². The van der Waals surface area contributed by atoms with Crippen molar-refractivity contribution in [3.63, 3.8) is 0 Å². The molecule has 174 valence electrons. The lowest BCUT2D eigenvalue weighted by molar-refractivity contribution is -0.138. The predicted molar refractivity (Wildman–Crippen MR) is 112 cm³/mol. The molecule has 0 bridgehead atoms. The number of aromatic nitrogens is 3. The van der Waals surface area contributed by atoms with Gasteiger partial charge < -0.3 is 9.72 Å². The van der Waals surface area contributed by atoms with Gasteiger partial charge in [0.2, 0.25) is 5.88 Å². The van der Waals surface area contributed by atoms with E-state index in [1.165, 1.54) is 19.2 Å². The highest BCUT2D eigenvalue weighted by Crippen LogP contribution is 2.41.